The van der Waals surface area contributed by atoms with Gasteiger partial charge in [-0.15, -0.1) is 0 Å². The van der Waals surface area contributed by atoms with Crippen LogP contribution in [0.15, 0.2) is 42.5 Å². The monoisotopic (exact) mass is 356 g/mol. The van der Waals surface area contributed by atoms with Gasteiger partial charge in [-0.3, -0.25) is 0 Å². The smallest absolute Gasteiger partial charge is 0.338 e. The summed E-state index contributed by atoms with van der Waals surface area (Å²) in [6, 6.07) is 12.1. The van der Waals surface area contributed by atoms with Gasteiger partial charge in [0.25, 0.3) is 0 Å². The third kappa shape index (κ3) is 5.81. The van der Waals surface area contributed by atoms with E-state index in [1.54, 1.807) is 31.2 Å². The van der Waals surface area contributed by atoms with Crippen molar-refractivity contribution in [3.05, 3.63) is 59.2 Å². The van der Waals surface area contributed by atoms with Crippen molar-refractivity contribution in [2.75, 3.05) is 25.1 Å². The molecule has 2 amide bonds. The Bertz CT molecular complexity index is 757. The standard InChI is InChI=1S/C20H24N2O4/c1-4-25-19(23)16-6-8-17(9-7-16)22-20(24)21-11-12-26-18-10-5-14(2)13-15(18)3/h5-10,13H,4,11-12H2,1-3H3,(H2,21,22,24). The fourth-order valence-electron chi connectivity index (χ4n) is 2.37. The van der Waals surface area contributed by atoms with Crippen LogP contribution in [-0.2, 0) is 4.74 Å². The number of benzene rings is 2. The molecule has 2 rings (SSSR count). The van der Waals surface area contributed by atoms with E-state index in [9.17, 15) is 9.59 Å². The van der Waals surface area contributed by atoms with Gasteiger partial charge >= 0.3 is 12.0 Å². The second-order valence-electron chi connectivity index (χ2n) is 5.80. The van der Waals surface area contributed by atoms with E-state index in [2.05, 4.69) is 16.7 Å². The van der Waals surface area contributed by atoms with E-state index in [0.717, 1.165) is 11.3 Å². The quantitative estimate of drug-likeness (QED) is 0.586. The lowest BCUT2D eigenvalue weighted by Crippen LogP contribution is -2.32. The molecule has 0 saturated carbocycles. The summed E-state index contributed by atoms with van der Waals surface area (Å²) in [5.41, 5.74) is 3.28. The number of carbonyl (C=O) groups is 2. The van der Waals surface area contributed by atoms with Crippen LogP contribution in [0.25, 0.3) is 0 Å². The van der Waals surface area contributed by atoms with E-state index in [1.165, 1.54) is 5.56 Å². The molecule has 2 aromatic rings. The van der Waals surface area contributed by atoms with Gasteiger partial charge in [0.1, 0.15) is 12.4 Å². The Kier molecular flexibility index (Phi) is 7.02. The highest BCUT2D eigenvalue weighted by atomic mass is 16.5. The first-order valence-electron chi connectivity index (χ1n) is 8.51. The van der Waals surface area contributed by atoms with Crippen LogP contribution in [0.5, 0.6) is 5.75 Å². The molecule has 0 unspecified atom stereocenters. The lowest BCUT2D eigenvalue weighted by atomic mass is 10.1. The Balaban J connectivity index is 1.74. The molecule has 0 spiro atoms. The number of hydrogen-bond acceptors (Lipinski definition) is 4. The van der Waals surface area contributed by atoms with Crippen molar-refractivity contribution in [3.8, 4) is 5.75 Å². The van der Waals surface area contributed by atoms with E-state index in [0.29, 0.717) is 31.0 Å². The fraction of sp³-hybridized carbons (Fsp3) is 0.300. The molecular weight excluding hydrogens is 332 g/mol. The van der Waals surface area contributed by atoms with Gasteiger partial charge in [-0.2, -0.15) is 0 Å². The summed E-state index contributed by atoms with van der Waals surface area (Å²) in [5, 5.41) is 5.42. The summed E-state index contributed by atoms with van der Waals surface area (Å²) in [7, 11) is 0. The summed E-state index contributed by atoms with van der Waals surface area (Å²) in [5.74, 6) is 0.430. The fourth-order valence-corrected chi connectivity index (χ4v) is 2.37. The summed E-state index contributed by atoms with van der Waals surface area (Å²) < 4.78 is 10.6. The van der Waals surface area contributed by atoms with Gasteiger partial charge in [0.05, 0.1) is 18.7 Å². The molecule has 2 N–H and O–H groups in total. The number of ether oxygens (including phenoxy) is 2. The van der Waals surface area contributed by atoms with Crippen LogP contribution in [0.4, 0.5) is 10.5 Å². The van der Waals surface area contributed by atoms with Gasteiger partial charge in [-0.1, -0.05) is 17.7 Å². The van der Waals surface area contributed by atoms with Crippen molar-refractivity contribution < 1.29 is 19.1 Å². The number of hydrogen-bond donors (Lipinski definition) is 2. The van der Waals surface area contributed by atoms with Crippen LogP contribution in [0, 0.1) is 13.8 Å². The molecule has 0 bridgehead atoms. The molecule has 2 aromatic carbocycles. The van der Waals surface area contributed by atoms with Crippen LogP contribution >= 0.6 is 0 Å². The molecule has 0 saturated heterocycles. The second kappa shape index (κ2) is 9.46. The molecule has 0 aliphatic heterocycles. The van der Waals surface area contributed by atoms with E-state index in [4.69, 9.17) is 9.47 Å². The van der Waals surface area contributed by atoms with Crippen molar-refractivity contribution >= 4 is 17.7 Å². The van der Waals surface area contributed by atoms with Crippen molar-refractivity contribution in [3.63, 3.8) is 0 Å². The second-order valence-corrected chi connectivity index (χ2v) is 5.80. The first kappa shape index (κ1) is 19.3. The number of rotatable bonds is 7. The zero-order valence-electron chi connectivity index (χ0n) is 15.3. The zero-order valence-corrected chi connectivity index (χ0v) is 15.3. The van der Waals surface area contributed by atoms with E-state index in [1.807, 2.05) is 26.0 Å². The van der Waals surface area contributed by atoms with E-state index < -0.39 is 0 Å². The minimum Gasteiger partial charge on any atom is -0.491 e. The normalized spacial score (nSPS) is 10.1. The molecule has 26 heavy (non-hydrogen) atoms. The third-order valence-corrected chi connectivity index (χ3v) is 3.63. The van der Waals surface area contributed by atoms with Crippen LogP contribution in [-0.4, -0.2) is 31.8 Å². The van der Waals surface area contributed by atoms with Crippen LogP contribution in [0.2, 0.25) is 0 Å². The SMILES string of the molecule is CCOC(=O)c1ccc(NC(=O)NCCOc2ccc(C)cc2C)cc1. The lowest BCUT2D eigenvalue weighted by Gasteiger charge is -2.11. The Morgan fingerprint density at radius 3 is 2.42 bits per heavy atom. The molecule has 138 valence electrons. The molecule has 0 fully saturated rings. The number of carbonyl (C=O) groups excluding carboxylic acids is 2. The Labute approximate surface area is 153 Å². The third-order valence-electron chi connectivity index (χ3n) is 3.63. The minimum absolute atomic E-state index is 0.325. The largest absolute Gasteiger partial charge is 0.491 e. The maximum atomic E-state index is 11.9. The molecule has 0 heterocycles. The Morgan fingerprint density at radius 1 is 1.04 bits per heavy atom. The predicted molar refractivity (Wildman–Crippen MR) is 101 cm³/mol. The van der Waals surface area contributed by atoms with Crippen molar-refractivity contribution in [2.24, 2.45) is 0 Å². The van der Waals surface area contributed by atoms with Gasteiger partial charge in [0, 0.05) is 5.69 Å². The number of urea groups is 1. The first-order chi connectivity index (χ1) is 12.5. The minimum atomic E-state index is -0.382. The molecule has 0 aliphatic carbocycles. The summed E-state index contributed by atoms with van der Waals surface area (Å²) in [6.07, 6.45) is 0. The number of anilines is 1. The number of amides is 2. The van der Waals surface area contributed by atoms with Gasteiger partial charge in [0.15, 0.2) is 0 Å². The molecular formula is C20H24N2O4. The maximum absolute atomic E-state index is 11.9. The number of esters is 1. The van der Waals surface area contributed by atoms with E-state index >= 15 is 0 Å². The lowest BCUT2D eigenvalue weighted by molar-refractivity contribution is 0.0526. The summed E-state index contributed by atoms with van der Waals surface area (Å²) >= 11 is 0. The van der Waals surface area contributed by atoms with E-state index in [-0.39, 0.29) is 12.0 Å². The number of aryl methyl sites for hydroxylation is 2. The molecule has 6 nitrogen and oxygen atoms in total. The van der Waals surface area contributed by atoms with Crippen LogP contribution in [0.1, 0.15) is 28.4 Å². The summed E-state index contributed by atoms with van der Waals surface area (Å²) in [4.78, 5) is 23.5. The molecule has 0 radical (unpaired) electrons. The highest BCUT2D eigenvalue weighted by Gasteiger charge is 2.07. The highest BCUT2D eigenvalue weighted by Crippen LogP contribution is 2.18. The van der Waals surface area contributed by atoms with Crippen molar-refractivity contribution in [1.82, 2.24) is 5.32 Å². The van der Waals surface area contributed by atoms with Gasteiger partial charge in [-0.05, 0) is 56.7 Å². The Hall–Kier alpha value is -3.02. The van der Waals surface area contributed by atoms with Crippen molar-refractivity contribution in [2.45, 2.75) is 20.8 Å². The summed E-state index contributed by atoms with van der Waals surface area (Å²) in [6.45, 7) is 6.84. The highest BCUT2D eigenvalue weighted by molar-refractivity contribution is 5.92. The topological polar surface area (TPSA) is 76.7 Å². The molecule has 0 aromatic heterocycles. The van der Waals surface area contributed by atoms with Crippen molar-refractivity contribution in [1.29, 1.82) is 0 Å². The van der Waals surface area contributed by atoms with Gasteiger partial charge in [0.2, 0.25) is 0 Å². The average Bonchev–Trinajstić information content (AvgIpc) is 2.61. The van der Waals surface area contributed by atoms with Gasteiger partial charge in [-0.25, -0.2) is 9.59 Å². The number of nitrogens with one attached hydrogen (secondary N) is 2. The van der Waals surface area contributed by atoms with Crippen LogP contribution < -0.4 is 15.4 Å². The maximum Gasteiger partial charge on any atom is 0.338 e. The average molecular weight is 356 g/mol. The first-order valence-corrected chi connectivity index (χ1v) is 8.51. The molecule has 0 aliphatic rings. The predicted octanol–water partition coefficient (Wildman–Crippen LogP) is 3.68. The molecule has 0 atom stereocenters. The van der Waals surface area contributed by atoms with Gasteiger partial charge < -0.3 is 20.1 Å². The Morgan fingerprint density at radius 2 is 1.77 bits per heavy atom. The van der Waals surface area contributed by atoms with Crippen LogP contribution in [0.3, 0.4) is 0 Å². The zero-order chi connectivity index (χ0) is 18.9. The molecule has 6 heteroatoms.